The Morgan fingerprint density at radius 3 is 3.25 bits per heavy atom. The van der Waals surface area contributed by atoms with E-state index >= 15 is 0 Å². The summed E-state index contributed by atoms with van der Waals surface area (Å²) in [6.45, 7) is 2.42. The molecule has 0 saturated carbocycles. The first-order valence-electron chi connectivity index (χ1n) is 4.87. The summed E-state index contributed by atoms with van der Waals surface area (Å²) in [4.78, 5) is 21.0. The summed E-state index contributed by atoms with van der Waals surface area (Å²) in [5.41, 5.74) is 0.475. The summed E-state index contributed by atoms with van der Waals surface area (Å²) in [7, 11) is 0. The van der Waals surface area contributed by atoms with Crippen LogP contribution in [0.2, 0.25) is 0 Å². The molecule has 0 unspecified atom stereocenters. The molecule has 84 valence electrons. The van der Waals surface area contributed by atoms with E-state index in [9.17, 15) is 4.79 Å². The molecular weight excluding hydrogens is 210 g/mol. The smallest absolute Gasteiger partial charge is 0.337 e. The maximum absolute atomic E-state index is 11.5. The van der Waals surface area contributed by atoms with Crippen molar-refractivity contribution in [3.05, 3.63) is 24.2 Å². The van der Waals surface area contributed by atoms with Crippen LogP contribution in [0.15, 0.2) is 33.6 Å². The molecule has 1 aliphatic heterocycles. The van der Waals surface area contributed by atoms with Crippen molar-refractivity contribution >= 4 is 18.3 Å². The number of ether oxygens (including phenoxy) is 1. The third kappa shape index (κ3) is 2.10. The van der Waals surface area contributed by atoms with E-state index in [2.05, 4.69) is 9.98 Å². The molecule has 0 atom stereocenters. The molecule has 6 heteroatoms. The molecule has 2 heterocycles. The molecule has 0 N–H and O–H groups in total. The van der Waals surface area contributed by atoms with Gasteiger partial charge >= 0.3 is 12.0 Å². The van der Waals surface area contributed by atoms with E-state index in [1.165, 1.54) is 17.4 Å². The quantitative estimate of drug-likeness (QED) is 0.711. The topological polar surface area (TPSA) is 67.9 Å². The highest BCUT2D eigenvalue weighted by Crippen LogP contribution is 2.14. The van der Waals surface area contributed by atoms with Crippen LogP contribution in [0.25, 0.3) is 0 Å². The highest BCUT2D eigenvalue weighted by atomic mass is 16.5. The van der Waals surface area contributed by atoms with Crippen molar-refractivity contribution in [2.24, 2.45) is 4.99 Å². The van der Waals surface area contributed by atoms with Gasteiger partial charge in [0.25, 0.3) is 0 Å². The van der Waals surface area contributed by atoms with Crippen molar-refractivity contribution in [1.82, 2.24) is 4.98 Å². The number of anilines is 1. The molecular formula is C10H11N3O3. The van der Waals surface area contributed by atoms with Crippen LogP contribution in [0, 0.1) is 0 Å². The van der Waals surface area contributed by atoms with Gasteiger partial charge in [-0.1, -0.05) is 0 Å². The fraction of sp³-hybridized carbons (Fsp3) is 0.300. The Balaban J connectivity index is 2.14. The van der Waals surface area contributed by atoms with Crippen molar-refractivity contribution in [1.29, 1.82) is 0 Å². The van der Waals surface area contributed by atoms with E-state index in [0.29, 0.717) is 24.7 Å². The van der Waals surface area contributed by atoms with E-state index < -0.39 is 0 Å². The molecule has 1 aliphatic rings. The molecule has 0 saturated heterocycles. The van der Waals surface area contributed by atoms with Crippen LogP contribution in [0.1, 0.15) is 6.92 Å². The Bertz CT molecular complexity index is 423. The summed E-state index contributed by atoms with van der Waals surface area (Å²) >= 11 is 0. The van der Waals surface area contributed by atoms with Crippen molar-refractivity contribution < 1.29 is 13.9 Å². The first-order chi connectivity index (χ1) is 7.81. The van der Waals surface area contributed by atoms with E-state index in [1.54, 1.807) is 19.5 Å². The zero-order valence-electron chi connectivity index (χ0n) is 8.79. The van der Waals surface area contributed by atoms with Crippen LogP contribution >= 0.6 is 0 Å². The van der Waals surface area contributed by atoms with Crippen LogP contribution in [0.4, 0.5) is 6.01 Å². The van der Waals surface area contributed by atoms with Crippen LogP contribution in [-0.2, 0) is 9.53 Å². The van der Waals surface area contributed by atoms with Crippen LogP contribution in [0.3, 0.4) is 0 Å². The Morgan fingerprint density at radius 1 is 1.69 bits per heavy atom. The Kier molecular flexibility index (Phi) is 3.00. The monoisotopic (exact) mass is 221 g/mol. The predicted octanol–water partition coefficient (Wildman–Crippen LogP) is 0.970. The fourth-order valence-electron chi connectivity index (χ4n) is 1.26. The number of nitrogens with zero attached hydrogens (tertiary/aromatic N) is 3. The number of hydrogen-bond donors (Lipinski definition) is 0. The predicted molar refractivity (Wildman–Crippen MR) is 57.1 cm³/mol. The maximum atomic E-state index is 11.5. The zero-order valence-corrected chi connectivity index (χ0v) is 8.79. The summed E-state index contributed by atoms with van der Waals surface area (Å²) in [6, 6.07) is 0.366. The van der Waals surface area contributed by atoms with E-state index in [4.69, 9.17) is 9.15 Å². The third-order valence-electron chi connectivity index (χ3n) is 1.94. The number of rotatable bonds is 3. The number of carbonyl (C=O) groups is 1. The second kappa shape index (κ2) is 4.61. The first-order valence-corrected chi connectivity index (χ1v) is 4.87. The molecule has 0 aromatic carbocycles. The number of aliphatic imine (C=N–C) groups is 1. The van der Waals surface area contributed by atoms with Crippen molar-refractivity contribution in [2.45, 2.75) is 6.92 Å². The normalized spacial score (nSPS) is 14.8. The summed E-state index contributed by atoms with van der Waals surface area (Å²) in [6.07, 6.45) is 6.14. The summed E-state index contributed by atoms with van der Waals surface area (Å²) in [5.74, 6) is -0.365. The van der Waals surface area contributed by atoms with Crippen molar-refractivity contribution in [3.8, 4) is 0 Å². The minimum absolute atomic E-state index is 0.316. The highest BCUT2D eigenvalue weighted by molar-refractivity contribution is 5.93. The molecule has 0 radical (unpaired) electrons. The molecule has 6 nitrogen and oxygen atoms in total. The number of carbonyl (C=O) groups excluding carboxylic acids is 1. The van der Waals surface area contributed by atoms with E-state index in [1.807, 2.05) is 0 Å². The minimum atomic E-state index is -0.365. The fourth-order valence-corrected chi connectivity index (χ4v) is 1.26. The van der Waals surface area contributed by atoms with Gasteiger partial charge in [0.15, 0.2) is 0 Å². The molecule has 2 rings (SSSR count). The van der Waals surface area contributed by atoms with Gasteiger partial charge in [0.2, 0.25) is 0 Å². The Morgan fingerprint density at radius 2 is 2.56 bits per heavy atom. The van der Waals surface area contributed by atoms with E-state index in [-0.39, 0.29) is 5.97 Å². The minimum Gasteiger partial charge on any atom is -0.463 e. The van der Waals surface area contributed by atoms with Gasteiger partial charge in [0.1, 0.15) is 6.26 Å². The SMILES string of the molecule is CCOC(=O)C1=CN(c2ncco2)C=NC1. The Hall–Kier alpha value is -2.11. The van der Waals surface area contributed by atoms with Gasteiger partial charge in [-0.3, -0.25) is 9.89 Å². The molecule has 1 aromatic rings. The van der Waals surface area contributed by atoms with Crippen molar-refractivity contribution in [2.75, 3.05) is 18.1 Å². The molecule has 16 heavy (non-hydrogen) atoms. The largest absolute Gasteiger partial charge is 0.463 e. The molecule has 0 amide bonds. The van der Waals surface area contributed by atoms with Gasteiger partial charge in [-0.05, 0) is 6.92 Å². The molecule has 1 aromatic heterocycles. The second-order valence-corrected chi connectivity index (χ2v) is 3.05. The summed E-state index contributed by atoms with van der Waals surface area (Å²) < 4.78 is 9.98. The molecule has 0 bridgehead atoms. The average molecular weight is 221 g/mol. The highest BCUT2D eigenvalue weighted by Gasteiger charge is 2.17. The lowest BCUT2D eigenvalue weighted by Gasteiger charge is -2.15. The number of oxazole rings is 1. The summed E-state index contributed by atoms with van der Waals surface area (Å²) in [5, 5.41) is 0. The molecule has 0 aliphatic carbocycles. The van der Waals surface area contributed by atoms with Crippen LogP contribution < -0.4 is 4.90 Å². The molecule has 0 spiro atoms. The van der Waals surface area contributed by atoms with Gasteiger partial charge in [-0.25, -0.2) is 9.78 Å². The average Bonchev–Trinajstić information content (AvgIpc) is 2.83. The van der Waals surface area contributed by atoms with E-state index in [0.717, 1.165) is 0 Å². The Labute approximate surface area is 92.2 Å². The van der Waals surface area contributed by atoms with Gasteiger partial charge in [-0.2, -0.15) is 0 Å². The lowest BCUT2D eigenvalue weighted by atomic mass is 10.2. The van der Waals surface area contributed by atoms with Crippen LogP contribution in [-0.4, -0.2) is 30.4 Å². The number of aromatic nitrogens is 1. The lowest BCUT2D eigenvalue weighted by Crippen LogP contribution is -2.23. The third-order valence-corrected chi connectivity index (χ3v) is 1.94. The second-order valence-electron chi connectivity index (χ2n) is 3.05. The van der Waals surface area contributed by atoms with Gasteiger partial charge in [0, 0.05) is 6.20 Å². The van der Waals surface area contributed by atoms with Gasteiger partial charge in [0.05, 0.1) is 31.3 Å². The van der Waals surface area contributed by atoms with Crippen molar-refractivity contribution in [3.63, 3.8) is 0 Å². The van der Waals surface area contributed by atoms with Crippen LogP contribution in [0.5, 0.6) is 0 Å². The standard InChI is InChI=1S/C10H11N3O3/c1-2-15-9(14)8-5-11-7-13(6-8)10-12-3-4-16-10/h3-4,6-7H,2,5H2,1H3. The lowest BCUT2D eigenvalue weighted by molar-refractivity contribution is -0.138. The number of esters is 1. The van der Waals surface area contributed by atoms with Gasteiger partial charge < -0.3 is 9.15 Å². The zero-order chi connectivity index (χ0) is 11.4. The maximum Gasteiger partial charge on any atom is 0.337 e. The first kappa shape index (κ1) is 10.4. The van der Waals surface area contributed by atoms with Gasteiger partial charge in [-0.15, -0.1) is 0 Å². The number of hydrogen-bond acceptors (Lipinski definition) is 6. The molecule has 0 fully saturated rings.